The van der Waals surface area contributed by atoms with Gasteiger partial charge in [-0.3, -0.25) is 4.79 Å². The van der Waals surface area contributed by atoms with Crippen molar-refractivity contribution in [2.24, 2.45) is 34.5 Å². The van der Waals surface area contributed by atoms with Gasteiger partial charge in [0.25, 0.3) is 0 Å². The second kappa shape index (κ2) is 7.10. The molecular formula is C23H34O2. The Morgan fingerprint density at radius 3 is 2.52 bits per heavy atom. The zero-order chi connectivity index (χ0) is 19.0. The molecule has 0 amide bonds. The Hall–Kier alpha value is -1.36. The van der Waals surface area contributed by atoms with Gasteiger partial charge in [-0.25, -0.2) is 0 Å². The molecule has 0 aromatic heterocycles. The molecule has 1 saturated carbocycles. The third kappa shape index (κ3) is 3.12. The third-order valence-corrected chi connectivity index (χ3v) is 8.32. The summed E-state index contributed by atoms with van der Waals surface area (Å²) < 4.78 is 0. The van der Waals surface area contributed by atoms with E-state index < -0.39 is 0 Å². The zero-order valence-electron chi connectivity index (χ0n) is 16.8. The van der Waals surface area contributed by atoms with E-state index >= 15 is 0 Å². The number of Topliss-reactive ketones (excluding diaryl/α,β-unsaturated/α-hetero) is 1. The maximum Gasteiger partial charge on any atom is 0.158 e. The molecule has 6 atom stereocenters. The molecule has 1 fully saturated rings. The van der Waals surface area contributed by atoms with Gasteiger partial charge in [0.2, 0.25) is 0 Å². The summed E-state index contributed by atoms with van der Waals surface area (Å²) in [6.07, 6.45) is 11.3. The van der Waals surface area contributed by atoms with E-state index in [1.807, 2.05) is 13.8 Å². The molecule has 0 spiro atoms. The molecule has 0 aliphatic heterocycles. The van der Waals surface area contributed by atoms with Gasteiger partial charge in [0, 0.05) is 18.8 Å². The second-order valence-corrected chi connectivity index (χ2v) is 9.03. The smallest absolute Gasteiger partial charge is 0.158 e. The highest BCUT2D eigenvalue weighted by molar-refractivity contribution is 5.96. The van der Waals surface area contributed by atoms with Gasteiger partial charge in [0.15, 0.2) is 5.78 Å². The Morgan fingerprint density at radius 1 is 1.32 bits per heavy atom. The summed E-state index contributed by atoms with van der Waals surface area (Å²) in [4.78, 5) is 23.7. The lowest BCUT2D eigenvalue weighted by Gasteiger charge is -2.56. The van der Waals surface area contributed by atoms with Crippen LogP contribution in [0.5, 0.6) is 0 Å². The Balaban J connectivity index is 2.44. The minimum Gasteiger partial charge on any atom is -0.303 e. The van der Waals surface area contributed by atoms with Crippen molar-refractivity contribution < 1.29 is 9.59 Å². The van der Waals surface area contributed by atoms with Crippen LogP contribution in [0.2, 0.25) is 0 Å². The quantitative estimate of drug-likeness (QED) is 0.518. The first-order valence-electron chi connectivity index (χ1n) is 9.73. The molecule has 2 aliphatic rings. The number of rotatable bonds is 4. The number of carbonyl (C=O) groups excluding carboxylic acids is 2. The maximum atomic E-state index is 12.1. The first-order chi connectivity index (χ1) is 11.6. The molecule has 0 N–H and O–H groups in total. The van der Waals surface area contributed by atoms with E-state index in [4.69, 9.17) is 6.42 Å². The third-order valence-electron chi connectivity index (χ3n) is 8.32. The van der Waals surface area contributed by atoms with E-state index in [0.717, 1.165) is 37.5 Å². The lowest BCUT2D eigenvalue weighted by atomic mass is 9.48. The van der Waals surface area contributed by atoms with Crippen LogP contribution in [-0.2, 0) is 9.59 Å². The number of aldehydes is 1. The molecule has 2 aliphatic carbocycles. The van der Waals surface area contributed by atoms with Crippen molar-refractivity contribution in [3.8, 4) is 12.3 Å². The molecule has 0 aromatic rings. The number of hydrogen-bond donors (Lipinski definition) is 0. The molecule has 0 bridgehead atoms. The summed E-state index contributed by atoms with van der Waals surface area (Å²) in [5.74, 6) is 4.52. The van der Waals surface area contributed by atoms with Gasteiger partial charge in [-0.15, -0.1) is 12.3 Å². The normalized spacial score (nSPS) is 40.5. The predicted octanol–water partition coefficient (Wildman–Crippen LogP) is 5.22. The molecule has 6 unspecified atom stereocenters. The van der Waals surface area contributed by atoms with E-state index in [2.05, 4.69) is 33.6 Å². The Bertz CT molecular complexity index is 622. The lowest BCUT2D eigenvalue weighted by molar-refractivity contribution is -0.122. The molecule has 0 aromatic carbocycles. The van der Waals surface area contributed by atoms with Crippen LogP contribution in [0, 0.1) is 46.8 Å². The summed E-state index contributed by atoms with van der Waals surface area (Å²) in [7, 11) is 0. The largest absolute Gasteiger partial charge is 0.303 e. The van der Waals surface area contributed by atoms with Gasteiger partial charge in [-0.1, -0.05) is 33.3 Å². The molecule has 0 heterocycles. The number of hydrogen-bond acceptors (Lipinski definition) is 2. The fourth-order valence-electron chi connectivity index (χ4n) is 5.64. The van der Waals surface area contributed by atoms with E-state index in [0.29, 0.717) is 30.0 Å². The average molecular weight is 343 g/mol. The van der Waals surface area contributed by atoms with Crippen LogP contribution in [0.25, 0.3) is 0 Å². The fraction of sp³-hybridized carbons (Fsp3) is 0.739. The van der Waals surface area contributed by atoms with Crippen LogP contribution in [0.15, 0.2) is 11.1 Å². The van der Waals surface area contributed by atoms with Crippen molar-refractivity contribution in [3.63, 3.8) is 0 Å². The highest BCUT2D eigenvalue weighted by Crippen LogP contribution is 2.59. The lowest BCUT2D eigenvalue weighted by Crippen LogP contribution is -2.49. The molecule has 2 heteroatoms. The molecule has 25 heavy (non-hydrogen) atoms. The molecule has 0 radical (unpaired) electrons. The van der Waals surface area contributed by atoms with E-state index in [1.54, 1.807) is 0 Å². The summed E-state index contributed by atoms with van der Waals surface area (Å²) in [5.41, 5.74) is 2.26. The molecule has 2 rings (SSSR count). The second-order valence-electron chi connectivity index (χ2n) is 9.03. The SMILES string of the molecule is C#CCC1C(C2(C)CCC(=O)C(C)=C2C)CCC(C)(C(C)C=O)C1C. The standard InChI is InChI=1S/C23H34O2/c1-8-9-19-18(5)22(6,15(2)14-24)12-10-20(19)23(7)13-11-21(25)16(3)17(23)4/h1,14-15,18-20H,9-13H2,2-7H3. The topological polar surface area (TPSA) is 34.1 Å². The molecule has 2 nitrogen and oxygen atoms in total. The van der Waals surface area contributed by atoms with E-state index in [9.17, 15) is 9.59 Å². The molecule has 138 valence electrons. The number of carbonyl (C=O) groups is 2. The van der Waals surface area contributed by atoms with Crippen LogP contribution >= 0.6 is 0 Å². The van der Waals surface area contributed by atoms with Crippen molar-refractivity contribution in [1.29, 1.82) is 0 Å². The Morgan fingerprint density at radius 2 is 1.96 bits per heavy atom. The zero-order valence-corrected chi connectivity index (χ0v) is 16.8. The Labute approximate surface area is 153 Å². The fourth-order valence-corrected chi connectivity index (χ4v) is 5.64. The summed E-state index contributed by atoms with van der Waals surface area (Å²) >= 11 is 0. The predicted molar refractivity (Wildman–Crippen MR) is 103 cm³/mol. The first kappa shape index (κ1) is 20.0. The van der Waals surface area contributed by atoms with Crippen LogP contribution in [-0.4, -0.2) is 12.1 Å². The minimum absolute atomic E-state index is 0.00722. The van der Waals surface area contributed by atoms with Gasteiger partial charge < -0.3 is 4.79 Å². The van der Waals surface area contributed by atoms with Gasteiger partial charge in [-0.05, 0) is 67.3 Å². The summed E-state index contributed by atoms with van der Waals surface area (Å²) in [5, 5.41) is 0. The van der Waals surface area contributed by atoms with Gasteiger partial charge in [0.05, 0.1) is 0 Å². The van der Waals surface area contributed by atoms with Crippen LogP contribution < -0.4 is 0 Å². The van der Waals surface area contributed by atoms with Crippen molar-refractivity contribution in [1.82, 2.24) is 0 Å². The van der Waals surface area contributed by atoms with Crippen LogP contribution in [0.1, 0.15) is 73.6 Å². The van der Waals surface area contributed by atoms with Crippen molar-refractivity contribution in [2.45, 2.75) is 73.6 Å². The first-order valence-corrected chi connectivity index (χ1v) is 9.73. The number of ketones is 1. The van der Waals surface area contributed by atoms with Crippen molar-refractivity contribution in [3.05, 3.63) is 11.1 Å². The Kier molecular flexibility index (Phi) is 5.67. The summed E-state index contributed by atoms with van der Waals surface area (Å²) in [6.45, 7) is 13.1. The van der Waals surface area contributed by atoms with E-state index in [-0.39, 0.29) is 16.7 Å². The number of allylic oxidation sites excluding steroid dienone is 2. The highest BCUT2D eigenvalue weighted by Gasteiger charge is 2.52. The molecular weight excluding hydrogens is 308 g/mol. The monoisotopic (exact) mass is 342 g/mol. The van der Waals surface area contributed by atoms with Gasteiger partial charge in [-0.2, -0.15) is 0 Å². The highest BCUT2D eigenvalue weighted by atomic mass is 16.1. The van der Waals surface area contributed by atoms with Crippen molar-refractivity contribution >= 4 is 12.1 Å². The minimum atomic E-state index is 0.00722. The average Bonchev–Trinajstić information content (AvgIpc) is 2.60. The van der Waals surface area contributed by atoms with Crippen LogP contribution in [0.3, 0.4) is 0 Å². The van der Waals surface area contributed by atoms with Crippen LogP contribution in [0.4, 0.5) is 0 Å². The van der Waals surface area contributed by atoms with Crippen molar-refractivity contribution in [2.75, 3.05) is 0 Å². The number of terminal acetylenes is 1. The maximum absolute atomic E-state index is 12.1. The van der Waals surface area contributed by atoms with Gasteiger partial charge >= 0.3 is 0 Å². The molecule has 0 saturated heterocycles. The van der Waals surface area contributed by atoms with E-state index in [1.165, 1.54) is 5.57 Å². The van der Waals surface area contributed by atoms with Gasteiger partial charge in [0.1, 0.15) is 6.29 Å². The summed E-state index contributed by atoms with van der Waals surface area (Å²) in [6, 6.07) is 0.